The Hall–Kier alpha value is -2.98. The van der Waals surface area contributed by atoms with Crippen LogP contribution in [0, 0.1) is 17.1 Å². The van der Waals surface area contributed by atoms with Gasteiger partial charge < -0.3 is 10.2 Å². The number of rotatable bonds is 5. The lowest BCUT2D eigenvalue weighted by Gasteiger charge is -2.09. The molecule has 8 heteroatoms. The Labute approximate surface area is 140 Å². The van der Waals surface area contributed by atoms with Gasteiger partial charge in [-0.2, -0.15) is 5.26 Å². The average Bonchev–Trinajstić information content (AvgIpc) is 2.55. The largest absolute Gasteiger partial charge is 0.504 e. The highest BCUT2D eigenvalue weighted by atomic mass is 35.5. The third kappa shape index (κ3) is 3.50. The number of halogens is 2. The molecule has 6 nitrogen and oxygen atoms in total. The zero-order chi connectivity index (χ0) is 17.9. The molecule has 0 aliphatic heterocycles. The summed E-state index contributed by atoms with van der Waals surface area (Å²) >= 11 is 5.87. The van der Waals surface area contributed by atoms with Crippen LogP contribution in [0.4, 0.5) is 4.39 Å². The molecule has 1 aromatic carbocycles. The van der Waals surface area contributed by atoms with Crippen LogP contribution in [0.5, 0.6) is 5.75 Å². The van der Waals surface area contributed by atoms with Crippen LogP contribution >= 0.6 is 11.6 Å². The lowest BCUT2D eigenvalue weighted by Crippen LogP contribution is -2.08. The van der Waals surface area contributed by atoms with Gasteiger partial charge in [-0.15, -0.1) is 0 Å². The molecule has 0 spiro atoms. The van der Waals surface area contributed by atoms with Crippen LogP contribution in [0.3, 0.4) is 0 Å². The quantitative estimate of drug-likeness (QED) is 0.803. The minimum Gasteiger partial charge on any atom is -0.504 e. The number of ketones is 1. The number of aliphatic carboxylic acids is 1. The van der Waals surface area contributed by atoms with Crippen molar-refractivity contribution in [1.82, 2.24) is 4.98 Å². The highest BCUT2D eigenvalue weighted by Gasteiger charge is 2.21. The number of benzene rings is 1. The smallest absolute Gasteiger partial charge is 0.303 e. The maximum Gasteiger partial charge on any atom is 0.303 e. The second-order valence-corrected chi connectivity index (χ2v) is 5.16. The molecule has 0 saturated carbocycles. The van der Waals surface area contributed by atoms with Crippen LogP contribution in [-0.4, -0.2) is 26.9 Å². The maximum atomic E-state index is 13.6. The summed E-state index contributed by atoms with van der Waals surface area (Å²) in [4.78, 5) is 26.6. The number of aromatic nitrogens is 1. The van der Waals surface area contributed by atoms with E-state index in [0.29, 0.717) is 0 Å². The van der Waals surface area contributed by atoms with Crippen molar-refractivity contribution < 1.29 is 24.2 Å². The van der Waals surface area contributed by atoms with Gasteiger partial charge in [-0.05, 0) is 12.1 Å². The van der Waals surface area contributed by atoms with E-state index in [9.17, 15) is 19.1 Å². The molecule has 122 valence electrons. The molecule has 0 amide bonds. The van der Waals surface area contributed by atoms with Gasteiger partial charge in [0.1, 0.15) is 17.6 Å². The normalized spacial score (nSPS) is 10.2. The highest BCUT2D eigenvalue weighted by molar-refractivity contribution is 6.33. The predicted octanol–water partition coefficient (Wildman–Crippen LogP) is 3.17. The Kier molecular flexibility index (Phi) is 5.11. The number of carbonyl (C=O) groups excluding carboxylic acids is 1. The third-order valence-corrected chi connectivity index (χ3v) is 3.55. The minimum absolute atomic E-state index is 0.0209. The van der Waals surface area contributed by atoms with Crippen molar-refractivity contribution in [1.29, 1.82) is 5.26 Å². The van der Waals surface area contributed by atoms with Gasteiger partial charge in [0.25, 0.3) is 0 Å². The van der Waals surface area contributed by atoms with Crippen LogP contribution in [-0.2, 0) is 4.79 Å². The second-order valence-electron chi connectivity index (χ2n) is 4.78. The van der Waals surface area contributed by atoms with E-state index in [-0.39, 0.29) is 21.8 Å². The summed E-state index contributed by atoms with van der Waals surface area (Å²) in [5.74, 6) is -3.29. The standard InChI is InChI=1S/C16H10ClFN2O4/c17-14-9(2-1-3-10(14)18)11-6-8(7-19)16(24)15(20-11)12(21)4-5-13(22)23/h1-3,6,24H,4-5H2,(H,22,23). The number of carbonyl (C=O) groups is 2. The summed E-state index contributed by atoms with van der Waals surface area (Å²) in [5.41, 5.74) is -0.544. The van der Waals surface area contributed by atoms with Crippen LogP contribution in [0.15, 0.2) is 24.3 Å². The Morgan fingerprint density at radius 2 is 2.04 bits per heavy atom. The SMILES string of the molecule is N#Cc1cc(-c2cccc(F)c2Cl)nc(C(=O)CCC(=O)O)c1O. The van der Waals surface area contributed by atoms with Gasteiger partial charge in [0, 0.05) is 12.0 Å². The van der Waals surface area contributed by atoms with E-state index >= 15 is 0 Å². The zero-order valence-corrected chi connectivity index (χ0v) is 12.8. The van der Waals surface area contributed by atoms with Crippen molar-refractivity contribution >= 4 is 23.4 Å². The number of nitriles is 1. The number of hydrogen-bond acceptors (Lipinski definition) is 5. The first kappa shape index (κ1) is 17.4. The molecular weight excluding hydrogens is 339 g/mol. The molecule has 0 atom stereocenters. The van der Waals surface area contributed by atoms with Crippen molar-refractivity contribution in [3.63, 3.8) is 0 Å². The second kappa shape index (κ2) is 7.06. The van der Waals surface area contributed by atoms with E-state index in [2.05, 4.69) is 4.98 Å². The Morgan fingerprint density at radius 1 is 1.33 bits per heavy atom. The Morgan fingerprint density at radius 3 is 2.67 bits per heavy atom. The molecule has 2 N–H and O–H groups in total. The summed E-state index contributed by atoms with van der Waals surface area (Å²) in [6.07, 6.45) is -0.853. The molecule has 0 fully saturated rings. The van der Waals surface area contributed by atoms with E-state index in [1.807, 2.05) is 0 Å². The van der Waals surface area contributed by atoms with E-state index in [1.54, 1.807) is 6.07 Å². The fraction of sp³-hybridized carbons (Fsp3) is 0.125. The van der Waals surface area contributed by atoms with Gasteiger partial charge in [0.15, 0.2) is 11.5 Å². The summed E-state index contributed by atoms with van der Waals surface area (Å²) in [7, 11) is 0. The molecule has 0 radical (unpaired) electrons. The molecule has 0 unspecified atom stereocenters. The molecule has 1 aromatic heterocycles. The number of pyridine rings is 1. The van der Waals surface area contributed by atoms with Gasteiger partial charge in [-0.3, -0.25) is 9.59 Å². The molecule has 2 rings (SSSR count). The lowest BCUT2D eigenvalue weighted by atomic mass is 10.0. The number of aromatic hydroxyl groups is 1. The monoisotopic (exact) mass is 348 g/mol. The zero-order valence-electron chi connectivity index (χ0n) is 12.1. The third-order valence-electron chi connectivity index (χ3n) is 3.17. The number of carboxylic acids is 1. The van der Waals surface area contributed by atoms with Crippen molar-refractivity contribution in [2.24, 2.45) is 0 Å². The number of nitrogens with zero attached hydrogens (tertiary/aromatic N) is 2. The predicted molar refractivity (Wildman–Crippen MR) is 82.2 cm³/mol. The van der Waals surface area contributed by atoms with Gasteiger partial charge in [0.2, 0.25) is 0 Å². The number of hydrogen-bond donors (Lipinski definition) is 2. The summed E-state index contributed by atoms with van der Waals surface area (Å²) in [6.45, 7) is 0. The minimum atomic E-state index is -1.19. The van der Waals surface area contributed by atoms with Gasteiger partial charge in [-0.25, -0.2) is 9.37 Å². The molecule has 0 aliphatic carbocycles. The molecular formula is C16H10ClFN2O4. The first-order valence-electron chi connectivity index (χ1n) is 6.68. The van der Waals surface area contributed by atoms with Crippen LogP contribution in [0.2, 0.25) is 5.02 Å². The summed E-state index contributed by atoms with van der Waals surface area (Å²) in [6, 6.07) is 6.83. The average molecular weight is 349 g/mol. The van der Waals surface area contributed by atoms with E-state index in [1.165, 1.54) is 18.2 Å². The van der Waals surface area contributed by atoms with E-state index in [0.717, 1.165) is 6.07 Å². The van der Waals surface area contributed by atoms with E-state index in [4.69, 9.17) is 22.0 Å². The topological polar surface area (TPSA) is 111 Å². The van der Waals surface area contributed by atoms with E-state index < -0.39 is 41.9 Å². The maximum absolute atomic E-state index is 13.6. The molecule has 0 aliphatic rings. The fourth-order valence-electron chi connectivity index (χ4n) is 2.00. The van der Waals surface area contributed by atoms with Crippen LogP contribution in [0.25, 0.3) is 11.3 Å². The van der Waals surface area contributed by atoms with Crippen LogP contribution < -0.4 is 0 Å². The molecule has 0 saturated heterocycles. The van der Waals surface area contributed by atoms with Crippen molar-refractivity contribution in [3.05, 3.63) is 46.4 Å². The molecule has 24 heavy (non-hydrogen) atoms. The van der Waals surface area contributed by atoms with Gasteiger partial charge in [-0.1, -0.05) is 23.7 Å². The number of carboxylic acid groups (broad SMARTS) is 1. The number of Topliss-reactive ketones (excluding diaryl/α,β-unsaturated/α-hetero) is 1. The molecule has 2 aromatic rings. The van der Waals surface area contributed by atoms with Crippen molar-refractivity contribution in [3.8, 4) is 23.1 Å². The molecule has 0 bridgehead atoms. The van der Waals surface area contributed by atoms with Gasteiger partial charge in [0.05, 0.1) is 22.7 Å². The first-order chi connectivity index (χ1) is 11.3. The van der Waals surface area contributed by atoms with Gasteiger partial charge >= 0.3 is 5.97 Å². The summed E-state index contributed by atoms with van der Waals surface area (Å²) < 4.78 is 13.6. The Bertz CT molecular complexity index is 877. The van der Waals surface area contributed by atoms with Crippen LogP contribution in [0.1, 0.15) is 28.9 Å². The Balaban J connectivity index is 2.57. The first-order valence-corrected chi connectivity index (χ1v) is 7.06. The lowest BCUT2D eigenvalue weighted by molar-refractivity contribution is -0.136. The summed E-state index contributed by atoms with van der Waals surface area (Å²) in [5, 5.41) is 27.4. The van der Waals surface area contributed by atoms with Crippen molar-refractivity contribution in [2.75, 3.05) is 0 Å². The fourth-order valence-corrected chi connectivity index (χ4v) is 2.22. The highest BCUT2D eigenvalue weighted by Crippen LogP contribution is 2.32. The van der Waals surface area contributed by atoms with Crippen molar-refractivity contribution in [2.45, 2.75) is 12.8 Å². The molecule has 1 heterocycles.